The quantitative estimate of drug-likeness (QED) is 0.710. The van der Waals surface area contributed by atoms with E-state index in [-0.39, 0.29) is 6.42 Å². The molecule has 0 saturated carbocycles. The molecule has 0 fully saturated rings. The van der Waals surface area contributed by atoms with Crippen LogP contribution in [-0.2, 0) is 28.0 Å². The van der Waals surface area contributed by atoms with Crippen LogP contribution in [0.1, 0.15) is 6.42 Å². The maximum absolute atomic E-state index is 5.50. The predicted octanol–water partition coefficient (Wildman–Crippen LogP) is 2.79. The van der Waals surface area contributed by atoms with Gasteiger partial charge in [-0.25, -0.2) is 0 Å². The minimum atomic E-state index is -1.30. The average Bonchev–Trinajstić information content (AvgIpc) is 1.62. The molecule has 0 aromatic rings. The van der Waals surface area contributed by atoms with Gasteiger partial charge in [0.05, 0.1) is 0 Å². The van der Waals surface area contributed by atoms with Gasteiger partial charge in [0.2, 0.25) is 0 Å². The Balaban J connectivity index is 3.47. The van der Waals surface area contributed by atoms with Gasteiger partial charge >= 0.3 is 90.2 Å². The summed E-state index contributed by atoms with van der Waals surface area (Å²) in [5.41, 5.74) is -0.490. The molecule has 0 aromatic carbocycles. The van der Waals surface area contributed by atoms with Gasteiger partial charge in [-0.2, -0.15) is 0 Å². The third-order valence-corrected chi connectivity index (χ3v) is 2.29. The van der Waals surface area contributed by atoms with Crippen LogP contribution >= 0.6 is 46.4 Å². The first-order valence-corrected chi connectivity index (χ1v) is 4.56. The van der Waals surface area contributed by atoms with Crippen molar-refractivity contribution in [2.24, 2.45) is 0 Å². The molecular weight excluding hydrogens is 285 g/mol. The van der Waals surface area contributed by atoms with Gasteiger partial charge in [0.1, 0.15) is 0 Å². The SMILES string of the molecule is ClC(CC(Cl)(Cl)Cl)[O][Zr]. The van der Waals surface area contributed by atoms with Crippen molar-refractivity contribution in [1.29, 1.82) is 0 Å². The summed E-state index contributed by atoms with van der Waals surface area (Å²) in [6.45, 7) is 0. The molecule has 0 amide bonds. The normalized spacial score (nSPS) is 15.4. The van der Waals surface area contributed by atoms with Gasteiger partial charge in [0.25, 0.3) is 0 Å². The molecule has 0 N–H and O–H groups in total. The van der Waals surface area contributed by atoms with Crippen molar-refractivity contribution in [2.75, 3.05) is 0 Å². The zero-order valence-electron chi connectivity index (χ0n) is 4.20. The van der Waals surface area contributed by atoms with Crippen molar-refractivity contribution in [3.63, 3.8) is 0 Å². The second-order valence-electron chi connectivity index (χ2n) is 1.35. The number of hydrogen-bond acceptors (Lipinski definition) is 1. The molecule has 9 heavy (non-hydrogen) atoms. The Morgan fingerprint density at radius 3 is 2.00 bits per heavy atom. The second kappa shape index (κ2) is 4.80. The van der Waals surface area contributed by atoms with E-state index < -0.39 is 9.36 Å². The van der Waals surface area contributed by atoms with E-state index >= 15 is 0 Å². The molecule has 0 aliphatic heterocycles. The Morgan fingerprint density at radius 1 is 1.44 bits per heavy atom. The van der Waals surface area contributed by atoms with Crippen LogP contribution < -0.4 is 0 Å². The molecule has 0 spiro atoms. The van der Waals surface area contributed by atoms with Crippen LogP contribution in [0.25, 0.3) is 0 Å². The first kappa shape index (κ1) is 11.0. The Morgan fingerprint density at radius 2 is 1.89 bits per heavy atom. The Bertz CT molecular complexity index is 82.4. The molecule has 0 bridgehead atoms. The first-order chi connectivity index (χ1) is 3.95. The molecule has 0 aromatic heterocycles. The summed E-state index contributed by atoms with van der Waals surface area (Å²) in [6.07, 6.45) is 0.213. The third kappa shape index (κ3) is 7.90. The molecule has 0 rings (SSSR count). The van der Waals surface area contributed by atoms with Gasteiger partial charge < -0.3 is 0 Å². The summed E-state index contributed by atoms with van der Waals surface area (Å²) in [5, 5.41) is 0. The van der Waals surface area contributed by atoms with Crippen molar-refractivity contribution in [2.45, 2.75) is 15.8 Å². The summed E-state index contributed by atoms with van der Waals surface area (Å²) in [6, 6.07) is 0. The van der Waals surface area contributed by atoms with Gasteiger partial charge in [-0.15, -0.1) is 0 Å². The van der Waals surface area contributed by atoms with Crippen molar-refractivity contribution in [3.8, 4) is 0 Å². The molecule has 1 nitrogen and oxygen atoms in total. The molecule has 6 heteroatoms. The minimum absolute atomic E-state index is 0.213. The molecule has 53 valence electrons. The fourth-order valence-corrected chi connectivity index (χ4v) is 1.32. The van der Waals surface area contributed by atoms with Crippen LogP contribution in [-0.4, -0.2) is 9.36 Å². The van der Waals surface area contributed by atoms with Crippen molar-refractivity contribution >= 4 is 46.4 Å². The van der Waals surface area contributed by atoms with Gasteiger partial charge in [-0.3, -0.25) is 0 Å². The Labute approximate surface area is 89.4 Å². The van der Waals surface area contributed by atoms with Crippen molar-refractivity contribution in [1.82, 2.24) is 0 Å². The van der Waals surface area contributed by atoms with E-state index in [9.17, 15) is 0 Å². The number of hydrogen-bond donors (Lipinski definition) is 0. The monoisotopic (exact) mass is 285 g/mol. The summed E-state index contributed by atoms with van der Waals surface area (Å²) >= 11 is 22.5. The molecule has 0 radical (unpaired) electrons. The molecule has 1 unspecified atom stereocenters. The molecule has 0 heterocycles. The topological polar surface area (TPSA) is 9.23 Å². The molecular formula is C3H3Cl4OZr. The van der Waals surface area contributed by atoms with E-state index in [1.165, 1.54) is 0 Å². The van der Waals surface area contributed by atoms with Crippen LogP contribution in [0.15, 0.2) is 0 Å². The van der Waals surface area contributed by atoms with E-state index in [4.69, 9.17) is 49.2 Å². The molecule has 0 aliphatic carbocycles. The maximum atomic E-state index is 5.50. The van der Waals surface area contributed by atoms with Crippen LogP contribution in [0, 0.1) is 0 Å². The zero-order chi connectivity index (χ0) is 7.49. The second-order valence-corrected chi connectivity index (χ2v) is 4.93. The Hall–Kier alpha value is 2.00. The van der Waals surface area contributed by atoms with Crippen LogP contribution in [0.3, 0.4) is 0 Å². The average molecular weight is 288 g/mol. The number of rotatable bonds is 2. The number of halogens is 4. The predicted molar refractivity (Wildman–Crippen MR) is 35.6 cm³/mol. The third-order valence-electron chi connectivity index (χ3n) is 0.520. The summed E-state index contributed by atoms with van der Waals surface area (Å²) in [7, 11) is 0. The van der Waals surface area contributed by atoms with E-state index in [0.29, 0.717) is 0 Å². The fourth-order valence-electron chi connectivity index (χ4n) is 0.224. The molecule has 1 atom stereocenters. The van der Waals surface area contributed by atoms with Crippen molar-refractivity contribution < 1.29 is 28.0 Å². The fraction of sp³-hybridized carbons (Fsp3) is 1.00. The van der Waals surface area contributed by atoms with Gasteiger partial charge in [-0.1, -0.05) is 0 Å². The molecule has 0 saturated heterocycles. The summed E-state index contributed by atoms with van der Waals surface area (Å²) in [4.78, 5) is 0. The van der Waals surface area contributed by atoms with Crippen molar-refractivity contribution in [3.05, 3.63) is 0 Å². The van der Waals surface area contributed by atoms with Gasteiger partial charge in [0.15, 0.2) is 0 Å². The van der Waals surface area contributed by atoms with E-state index in [1.807, 2.05) is 0 Å². The standard InChI is InChI=1S/C3H3Cl4O.Zr/c4-2(8)1-3(5,6)7;/h2H,1H2;/q-1;+1. The van der Waals surface area contributed by atoms with Crippen LogP contribution in [0.5, 0.6) is 0 Å². The first-order valence-electron chi connectivity index (χ1n) is 1.99. The van der Waals surface area contributed by atoms with E-state index in [1.54, 1.807) is 0 Å². The van der Waals surface area contributed by atoms with Gasteiger partial charge in [0, 0.05) is 0 Å². The molecule has 0 aliphatic rings. The summed E-state index contributed by atoms with van der Waals surface area (Å²) < 4.78 is 3.43. The Kier molecular flexibility index (Phi) is 5.86. The van der Waals surface area contributed by atoms with Gasteiger partial charge in [-0.05, 0) is 0 Å². The zero-order valence-corrected chi connectivity index (χ0v) is 9.69. The van der Waals surface area contributed by atoms with E-state index in [0.717, 1.165) is 25.2 Å². The van der Waals surface area contributed by atoms with E-state index in [2.05, 4.69) is 0 Å². The number of alkyl halides is 4. The van der Waals surface area contributed by atoms with Crippen LogP contribution in [0.4, 0.5) is 0 Å². The van der Waals surface area contributed by atoms with Crippen LogP contribution in [0.2, 0.25) is 0 Å². The summed E-state index contributed by atoms with van der Waals surface area (Å²) in [5.74, 6) is 0.